The highest BCUT2D eigenvalue weighted by atomic mass is 19.4. The van der Waals surface area contributed by atoms with Crippen molar-refractivity contribution >= 4 is 22.6 Å². The van der Waals surface area contributed by atoms with Crippen molar-refractivity contribution < 1.29 is 27.4 Å². The number of para-hydroxylation sites is 1. The Kier molecular flexibility index (Phi) is 6.83. The fourth-order valence-electron chi connectivity index (χ4n) is 5.38. The van der Waals surface area contributed by atoms with Crippen LogP contribution in [-0.4, -0.2) is 70.9 Å². The fourth-order valence-corrected chi connectivity index (χ4v) is 5.38. The maximum atomic E-state index is 12.5. The van der Waals surface area contributed by atoms with Crippen molar-refractivity contribution in [3.05, 3.63) is 77.5 Å². The summed E-state index contributed by atoms with van der Waals surface area (Å²) in [6.07, 6.45) is -2.41. The number of fused-ring (bicyclic) bond motifs is 4. The van der Waals surface area contributed by atoms with Crippen LogP contribution >= 0.6 is 0 Å². The minimum absolute atomic E-state index is 0.0125. The number of alkyl halides is 3. The Morgan fingerprint density at radius 3 is 2.60 bits per heavy atom. The summed E-state index contributed by atoms with van der Waals surface area (Å²) < 4.78 is 49.5. The molecule has 0 bridgehead atoms. The van der Waals surface area contributed by atoms with Crippen molar-refractivity contribution in [2.45, 2.75) is 26.1 Å². The second kappa shape index (κ2) is 10.5. The monoisotopic (exact) mass is 551 g/mol. The van der Waals surface area contributed by atoms with Crippen LogP contribution in [0.15, 0.2) is 54.9 Å². The van der Waals surface area contributed by atoms with Gasteiger partial charge in [0.1, 0.15) is 18.7 Å². The predicted octanol–water partition coefficient (Wildman–Crippen LogP) is 4.71. The number of ether oxygens (including phenoxy) is 2. The first kappa shape index (κ1) is 26.1. The van der Waals surface area contributed by atoms with E-state index in [1.807, 2.05) is 25.1 Å². The standard InChI is InChI=1S/C29H28F3N5O3/c1-19-8-9-21-22(34-19)5-3-6-23(21)36-14-12-35(13-15-36)11-10-20-4-2-7-24-27(20)39-16-25-26(33-18-37(24)25)28(38)40-17-29(30,31)32/h2-9,18H,10-17H2,1H3. The van der Waals surface area contributed by atoms with Crippen molar-refractivity contribution in [1.82, 2.24) is 19.4 Å². The molecule has 1 saturated heterocycles. The highest BCUT2D eigenvalue weighted by molar-refractivity contribution is 5.92. The largest absolute Gasteiger partial charge is 0.485 e. The first-order chi connectivity index (χ1) is 19.3. The number of imidazole rings is 1. The van der Waals surface area contributed by atoms with E-state index in [1.165, 1.54) is 17.4 Å². The van der Waals surface area contributed by atoms with Gasteiger partial charge >= 0.3 is 12.1 Å². The lowest BCUT2D eigenvalue weighted by Gasteiger charge is -2.36. The second-order valence-electron chi connectivity index (χ2n) is 10.0. The number of piperazine rings is 1. The molecule has 40 heavy (non-hydrogen) atoms. The summed E-state index contributed by atoms with van der Waals surface area (Å²) in [5.41, 5.74) is 5.16. The van der Waals surface area contributed by atoms with E-state index < -0.39 is 18.8 Å². The Bertz CT molecular complexity index is 1560. The Balaban J connectivity index is 1.10. The average Bonchev–Trinajstić information content (AvgIpc) is 3.39. The number of hydrogen-bond acceptors (Lipinski definition) is 7. The predicted molar refractivity (Wildman–Crippen MR) is 143 cm³/mol. The smallest absolute Gasteiger partial charge is 0.422 e. The molecule has 0 spiro atoms. The third-order valence-electron chi connectivity index (χ3n) is 7.37. The summed E-state index contributed by atoms with van der Waals surface area (Å²) in [5, 5.41) is 1.17. The van der Waals surface area contributed by atoms with Crippen LogP contribution in [0.3, 0.4) is 0 Å². The summed E-state index contributed by atoms with van der Waals surface area (Å²) in [5.74, 6) is -0.428. The molecule has 2 aromatic heterocycles. The van der Waals surface area contributed by atoms with E-state index in [0.29, 0.717) is 17.1 Å². The number of nitrogens with zero attached hydrogens (tertiary/aromatic N) is 5. The zero-order valence-electron chi connectivity index (χ0n) is 21.9. The van der Waals surface area contributed by atoms with Gasteiger partial charge in [-0.15, -0.1) is 0 Å². The van der Waals surface area contributed by atoms with Gasteiger partial charge in [0.2, 0.25) is 0 Å². The zero-order chi connectivity index (χ0) is 27.9. The number of carbonyl (C=O) groups excluding carboxylic acids is 1. The summed E-state index contributed by atoms with van der Waals surface area (Å²) in [7, 11) is 0. The van der Waals surface area contributed by atoms with Gasteiger partial charge in [-0.3, -0.25) is 14.5 Å². The lowest BCUT2D eigenvalue weighted by atomic mass is 10.1. The van der Waals surface area contributed by atoms with E-state index in [1.54, 1.807) is 4.57 Å². The number of aryl methyl sites for hydroxylation is 1. The van der Waals surface area contributed by atoms with Gasteiger partial charge in [0.15, 0.2) is 12.3 Å². The summed E-state index contributed by atoms with van der Waals surface area (Å²) in [4.78, 5) is 25.8. The highest BCUT2D eigenvalue weighted by Gasteiger charge is 2.32. The summed E-state index contributed by atoms with van der Waals surface area (Å²) >= 11 is 0. The number of carbonyl (C=O) groups is 1. The summed E-state index contributed by atoms with van der Waals surface area (Å²) in [6, 6.07) is 16.2. The van der Waals surface area contributed by atoms with Crippen molar-refractivity contribution in [3.8, 4) is 11.4 Å². The highest BCUT2D eigenvalue weighted by Crippen LogP contribution is 2.35. The van der Waals surface area contributed by atoms with E-state index in [0.717, 1.165) is 55.9 Å². The van der Waals surface area contributed by atoms with Crippen LogP contribution < -0.4 is 9.64 Å². The minimum atomic E-state index is -4.60. The van der Waals surface area contributed by atoms with Gasteiger partial charge in [-0.25, -0.2) is 9.78 Å². The van der Waals surface area contributed by atoms with Crippen LogP contribution in [0.4, 0.5) is 18.9 Å². The molecular formula is C29H28F3N5O3. The third kappa shape index (κ3) is 5.21. The number of esters is 1. The third-order valence-corrected chi connectivity index (χ3v) is 7.37. The molecule has 0 atom stereocenters. The van der Waals surface area contributed by atoms with Crippen LogP contribution in [-0.2, 0) is 17.8 Å². The number of benzene rings is 2. The molecule has 0 saturated carbocycles. The van der Waals surface area contributed by atoms with Gasteiger partial charge in [-0.1, -0.05) is 18.2 Å². The van der Waals surface area contributed by atoms with Crippen molar-refractivity contribution in [2.75, 3.05) is 44.2 Å². The molecule has 4 heterocycles. The number of anilines is 1. The van der Waals surface area contributed by atoms with Crippen LogP contribution in [0.1, 0.15) is 27.4 Å². The Hall–Kier alpha value is -4.12. The molecule has 2 aliphatic heterocycles. The molecule has 11 heteroatoms. The molecule has 0 radical (unpaired) electrons. The van der Waals surface area contributed by atoms with Crippen molar-refractivity contribution in [1.29, 1.82) is 0 Å². The normalized spacial score (nSPS) is 15.4. The van der Waals surface area contributed by atoms with E-state index in [-0.39, 0.29) is 12.3 Å². The molecule has 2 aliphatic rings. The van der Waals surface area contributed by atoms with Crippen LogP contribution in [0.5, 0.6) is 5.75 Å². The lowest BCUT2D eigenvalue weighted by Crippen LogP contribution is -2.47. The molecule has 8 nitrogen and oxygen atoms in total. The van der Waals surface area contributed by atoms with E-state index in [9.17, 15) is 18.0 Å². The van der Waals surface area contributed by atoms with E-state index in [4.69, 9.17) is 4.74 Å². The maximum Gasteiger partial charge on any atom is 0.422 e. The van der Waals surface area contributed by atoms with Gasteiger partial charge in [0.25, 0.3) is 0 Å². The Labute approximate surface area is 228 Å². The van der Waals surface area contributed by atoms with Gasteiger partial charge in [0.05, 0.1) is 16.9 Å². The number of halogens is 3. The number of aromatic nitrogens is 3. The van der Waals surface area contributed by atoms with Gasteiger partial charge in [-0.05, 0) is 49.2 Å². The van der Waals surface area contributed by atoms with E-state index in [2.05, 4.69) is 54.8 Å². The molecule has 0 aliphatic carbocycles. The maximum absolute atomic E-state index is 12.5. The van der Waals surface area contributed by atoms with Gasteiger partial charge in [-0.2, -0.15) is 13.2 Å². The van der Waals surface area contributed by atoms with Crippen molar-refractivity contribution in [3.63, 3.8) is 0 Å². The van der Waals surface area contributed by atoms with Crippen LogP contribution in [0.25, 0.3) is 16.6 Å². The molecule has 0 N–H and O–H groups in total. The zero-order valence-corrected chi connectivity index (χ0v) is 21.9. The lowest BCUT2D eigenvalue weighted by molar-refractivity contribution is -0.161. The number of pyridine rings is 1. The van der Waals surface area contributed by atoms with Crippen LogP contribution in [0, 0.1) is 6.92 Å². The van der Waals surface area contributed by atoms with Gasteiger partial charge < -0.3 is 14.4 Å². The molecular weight excluding hydrogens is 523 g/mol. The second-order valence-corrected chi connectivity index (χ2v) is 10.0. The fraction of sp³-hybridized carbons (Fsp3) is 0.345. The molecule has 1 fully saturated rings. The minimum Gasteiger partial charge on any atom is -0.485 e. The van der Waals surface area contributed by atoms with Crippen molar-refractivity contribution in [2.24, 2.45) is 0 Å². The van der Waals surface area contributed by atoms with Gasteiger partial charge in [0, 0.05) is 49.5 Å². The molecule has 6 rings (SSSR count). The molecule has 208 valence electrons. The number of hydrogen-bond donors (Lipinski definition) is 0. The van der Waals surface area contributed by atoms with Crippen LogP contribution in [0.2, 0.25) is 0 Å². The Morgan fingerprint density at radius 1 is 1.02 bits per heavy atom. The van der Waals surface area contributed by atoms with E-state index >= 15 is 0 Å². The quantitative estimate of drug-likeness (QED) is 0.322. The molecule has 2 aromatic carbocycles. The first-order valence-corrected chi connectivity index (χ1v) is 13.2. The summed E-state index contributed by atoms with van der Waals surface area (Å²) in [6.45, 7) is 4.91. The molecule has 0 unspecified atom stereocenters. The SMILES string of the molecule is Cc1ccc2c(N3CCN(CCc4cccc5c4OCc4c(C(=O)OCC(F)(F)F)ncn4-5)CC3)cccc2n1. The molecule has 4 aromatic rings. The first-order valence-electron chi connectivity index (χ1n) is 13.2. The molecule has 0 amide bonds. The average molecular weight is 552 g/mol. The Morgan fingerprint density at radius 2 is 1.80 bits per heavy atom. The topological polar surface area (TPSA) is 72.7 Å². The number of rotatable bonds is 6.